The van der Waals surface area contributed by atoms with Gasteiger partial charge >= 0.3 is 0 Å². The first kappa shape index (κ1) is 19.7. The molecule has 134 valence electrons. The van der Waals surface area contributed by atoms with Gasteiger partial charge in [0.25, 0.3) is 11.1 Å². The van der Waals surface area contributed by atoms with Gasteiger partial charge in [0.1, 0.15) is 5.75 Å². The highest BCUT2D eigenvalue weighted by molar-refractivity contribution is 9.11. The number of amides is 2. The lowest BCUT2D eigenvalue weighted by Crippen LogP contribution is -2.27. The number of hydrogen-bond donors (Lipinski definition) is 0. The first-order valence-corrected chi connectivity index (χ1v) is 10.6. The van der Waals surface area contributed by atoms with E-state index in [1.807, 2.05) is 36.4 Å². The Kier molecular flexibility index (Phi) is 6.27. The van der Waals surface area contributed by atoms with Crippen molar-refractivity contribution >= 4 is 76.8 Å². The molecule has 8 heteroatoms. The summed E-state index contributed by atoms with van der Waals surface area (Å²) in [5, 5.41) is -0.280. The van der Waals surface area contributed by atoms with E-state index in [4.69, 9.17) is 4.74 Å². The Hall–Kier alpha value is -1.09. The summed E-state index contributed by atoms with van der Waals surface area (Å²) in [5.74, 6) is 0.300. The molecule has 0 atom stereocenters. The van der Waals surface area contributed by atoms with Crippen molar-refractivity contribution in [1.82, 2.24) is 4.90 Å². The van der Waals surface area contributed by atoms with Crippen LogP contribution in [0.15, 0.2) is 54.7 Å². The molecule has 2 aromatic rings. The van der Waals surface area contributed by atoms with E-state index < -0.39 is 0 Å². The van der Waals surface area contributed by atoms with E-state index in [-0.39, 0.29) is 17.7 Å². The molecule has 1 aliphatic heterocycles. The quantitative estimate of drug-likeness (QED) is 0.416. The number of hydrogen-bond acceptors (Lipinski definition) is 4. The van der Waals surface area contributed by atoms with E-state index in [1.165, 1.54) is 4.90 Å². The Bertz CT molecular complexity index is 913. The fourth-order valence-electron chi connectivity index (χ4n) is 2.45. The Balaban J connectivity index is 1.89. The summed E-state index contributed by atoms with van der Waals surface area (Å²) < 4.78 is 7.95. The molecule has 1 aliphatic rings. The largest absolute Gasteiger partial charge is 0.495 e. The molecule has 1 heterocycles. The van der Waals surface area contributed by atoms with Crippen molar-refractivity contribution in [1.29, 1.82) is 0 Å². The van der Waals surface area contributed by atoms with Crippen molar-refractivity contribution in [2.45, 2.75) is 6.54 Å². The lowest BCUT2D eigenvalue weighted by atomic mass is 10.1. The van der Waals surface area contributed by atoms with Crippen molar-refractivity contribution in [2.24, 2.45) is 0 Å². The van der Waals surface area contributed by atoms with Crippen LogP contribution in [0.1, 0.15) is 11.1 Å². The fraction of sp³-hybridized carbons (Fsp3) is 0.111. The van der Waals surface area contributed by atoms with Crippen LogP contribution in [-0.2, 0) is 11.3 Å². The topological polar surface area (TPSA) is 46.6 Å². The number of imide groups is 1. The summed E-state index contributed by atoms with van der Waals surface area (Å²) >= 11 is 11.2. The van der Waals surface area contributed by atoms with E-state index in [1.54, 1.807) is 13.2 Å². The molecule has 4 nitrogen and oxygen atoms in total. The summed E-state index contributed by atoms with van der Waals surface area (Å²) in [6, 6.07) is 11.2. The molecule has 0 unspecified atom stereocenters. The molecular weight excluding hydrogens is 550 g/mol. The fourth-order valence-corrected chi connectivity index (χ4v) is 4.97. The molecule has 2 amide bonds. The van der Waals surface area contributed by atoms with Crippen LogP contribution in [-0.4, -0.2) is 23.2 Å². The minimum Gasteiger partial charge on any atom is -0.495 e. The first-order valence-electron chi connectivity index (χ1n) is 7.42. The third kappa shape index (κ3) is 4.24. The lowest BCUT2D eigenvalue weighted by Gasteiger charge is -2.12. The standard InChI is InChI=1S/C18H12Br3NO3S/c1-25-16-11(6-13(20)8-14(16)21)7-15-17(23)22(18(24)26-15)9-10-2-4-12(19)5-3-10/h2-8H,9H2,1H3/b15-7-. The third-order valence-corrected chi connectivity index (χ3v) is 6.14. The van der Waals surface area contributed by atoms with Gasteiger partial charge in [0.05, 0.1) is 23.0 Å². The maximum Gasteiger partial charge on any atom is 0.293 e. The van der Waals surface area contributed by atoms with Crippen molar-refractivity contribution in [3.05, 3.63) is 65.8 Å². The van der Waals surface area contributed by atoms with Gasteiger partial charge in [0.2, 0.25) is 0 Å². The maximum absolute atomic E-state index is 12.7. The van der Waals surface area contributed by atoms with Crippen LogP contribution < -0.4 is 4.74 Å². The molecule has 3 rings (SSSR count). The number of carbonyl (C=O) groups is 2. The number of nitrogens with zero attached hydrogens (tertiary/aromatic N) is 1. The normalized spacial score (nSPS) is 15.8. The van der Waals surface area contributed by atoms with Gasteiger partial charge in [-0.25, -0.2) is 0 Å². The zero-order valence-corrected chi connectivity index (χ0v) is 19.0. The minimum atomic E-state index is -0.305. The summed E-state index contributed by atoms with van der Waals surface area (Å²) in [7, 11) is 1.56. The summed E-state index contributed by atoms with van der Waals surface area (Å²) in [5.41, 5.74) is 1.60. The highest BCUT2D eigenvalue weighted by Gasteiger charge is 2.35. The predicted octanol–water partition coefficient (Wildman–Crippen LogP) is 6.22. The summed E-state index contributed by atoms with van der Waals surface area (Å²) in [4.78, 5) is 26.6. The Morgan fingerprint density at radius 3 is 2.42 bits per heavy atom. The summed E-state index contributed by atoms with van der Waals surface area (Å²) in [6.45, 7) is 0.245. The molecule has 26 heavy (non-hydrogen) atoms. The van der Waals surface area contributed by atoms with Gasteiger partial charge in [-0.1, -0.05) is 44.0 Å². The zero-order valence-electron chi connectivity index (χ0n) is 13.5. The average Bonchev–Trinajstić information content (AvgIpc) is 2.84. The van der Waals surface area contributed by atoms with E-state index in [9.17, 15) is 9.59 Å². The van der Waals surface area contributed by atoms with Crippen LogP contribution in [0.2, 0.25) is 0 Å². The molecule has 1 saturated heterocycles. The van der Waals surface area contributed by atoms with E-state index in [0.717, 1.165) is 30.7 Å². The van der Waals surface area contributed by atoms with Crippen LogP contribution >= 0.6 is 59.6 Å². The second kappa shape index (κ2) is 8.29. The minimum absolute atomic E-state index is 0.245. The highest BCUT2D eigenvalue weighted by Crippen LogP contribution is 2.38. The monoisotopic (exact) mass is 559 g/mol. The van der Waals surface area contributed by atoms with Crippen molar-refractivity contribution < 1.29 is 14.3 Å². The molecule has 0 aliphatic carbocycles. The van der Waals surface area contributed by atoms with Gasteiger partial charge in [-0.2, -0.15) is 0 Å². The van der Waals surface area contributed by atoms with Crippen molar-refractivity contribution in [3.8, 4) is 5.75 Å². The molecule has 0 radical (unpaired) electrons. The number of ether oxygens (including phenoxy) is 1. The maximum atomic E-state index is 12.7. The van der Waals surface area contributed by atoms with Gasteiger partial charge in [-0.15, -0.1) is 0 Å². The van der Waals surface area contributed by atoms with Crippen molar-refractivity contribution in [2.75, 3.05) is 7.11 Å². The lowest BCUT2D eigenvalue weighted by molar-refractivity contribution is -0.123. The Labute approximate surface area is 180 Å². The second-order valence-corrected chi connectivity index (χ2v) is 9.08. The number of halogens is 3. The average molecular weight is 562 g/mol. The zero-order chi connectivity index (χ0) is 18.8. The van der Waals surface area contributed by atoms with Crippen LogP contribution in [0.4, 0.5) is 4.79 Å². The van der Waals surface area contributed by atoms with E-state index >= 15 is 0 Å². The Morgan fingerprint density at radius 1 is 1.08 bits per heavy atom. The van der Waals surface area contributed by atoms with Gasteiger partial charge in [-0.05, 0) is 63.6 Å². The molecular formula is C18H12Br3NO3S. The highest BCUT2D eigenvalue weighted by atomic mass is 79.9. The number of rotatable bonds is 4. The number of methoxy groups -OCH3 is 1. The van der Waals surface area contributed by atoms with Gasteiger partial charge in [0, 0.05) is 14.5 Å². The molecule has 0 bridgehead atoms. The first-order chi connectivity index (χ1) is 12.4. The molecule has 0 saturated carbocycles. The Morgan fingerprint density at radius 2 is 1.77 bits per heavy atom. The van der Waals surface area contributed by atoms with E-state index in [2.05, 4.69) is 47.8 Å². The predicted molar refractivity (Wildman–Crippen MR) is 114 cm³/mol. The van der Waals surface area contributed by atoms with Gasteiger partial charge in [-0.3, -0.25) is 14.5 Å². The van der Waals surface area contributed by atoms with Crippen LogP contribution in [0.3, 0.4) is 0 Å². The second-order valence-electron chi connectivity index (χ2n) is 5.40. The smallest absolute Gasteiger partial charge is 0.293 e. The van der Waals surface area contributed by atoms with Gasteiger partial charge in [0.15, 0.2) is 0 Å². The third-order valence-electron chi connectivity index (χ3n) is 3.66. The van der Waals surface area contributed by atoms with E-state index in [0.29, 0.717) is 16.2 Å². The molecule has 2 aromatic carbocycles. The number of benzene rings is 2. The SMILES string of the molecule is COc1c(Br)cc(Br)cc1/C=C1\SC(=O)N(Cc2ccc(Br)cc2)C1=O. The molecule has 0 N–H and O–H groups in total. The number of carbonyl (C=O) groups excluding carboxylic acids is 2. The van der Waals surface area contributed by atoms with Crippen LogP contribution in [0, 0.1) is 0 Å². The van der Waals surface area contributed by atoms with Crippen LogP contribution in [0.25, 0.3) is 6.08 Å². The molecule has 0 aromatic heterocycles. The van der Waals surface area contributed by atoms with Crippen LogP contribution in [0.5, 0.6) is 5.75 Å². The molecule has 0 spiro atoms. The number of thioether (sulfide) groups is 1. The van der Waals surface area contributed by atoms with Crippen molar-refractivity contribution in [3.63, 3.8) is 0 Å². The molecule has 1 fully saturated rings. The summed E-state index contributed by atoms with van der Waals surface area (Å²) in [6.07, 6.45) is 1.68. The van der Waals surface area contributed by atoms with Gasteiger partial charge < -0.3 is 4.74 Å².